The summed E-state index contributed by atoms with van der Waals surface area (Å²) in [6.45, 7) is 8.23. The van der Waals surface area contributed by atoms with Gasteiger partial charge in [0.25, 0.3) is 5.91 Å². The van der Waals surface area contributed by atoms with E-state index in [2.05, 4.69) is 36.5 Å². The van der Waals surface area contributed by atoms with Crippen LogP contribution < -0.4 is 10.2 Å². The topological polar surface area (TPSA) is 50.7 Å². The predicted molar refractivity (Wildman–Crippen MR) is 97.7 cm³/mol. The molecular weight excluding hydrogens is 300 g/mol. The molecular formula is C20H24N2O2. The Balaban J connectivity index is 1.83. The highest BCUT2D eigenvalue weighted by Gasteiger charge is 2.05. The predicted octanol–water partition coefficient (Wildman–Crippen LogP) is 3.96. The highest BCUT2D eigenvalue weighted by molar-refractivity contribution is 5.83. The zero-order chi connectivity index (χ0) is 17.5. The molecule has 0 saturated carbocycles. The first-order valence-electron chi connectivity index (χ1n) is 8.08. The van der Waals surface area contributed by atoms with Crippen LogP contribution in [0.1, 0.15) is 42.0 Å². The summed E-state index contributed by atoms with van der Waals surface area (Å²) in [6, 6.07) is 13.9. The first-order valence-corrected chi connectivity index (χ1v) is 8.08. The number of hydrogen-bond donors (Lipinski definition) is 1. The van der Waals surface area contributed by atoms with E-state index in [0.29, 0.717) is 5.92 Å². The zero-order valence-corrected chi connectivity index (χ0v) is 14.7. The van der Waals surface area contributed by atoms with Crippen molar-refractivity contribution < 1.29 is 9.53 Å². The van der Waals surface area contributed by atoms with E-state index in [-0.39, 0.29) is 12.5 Å². The second-order valence-corrected chi connectivity index (χ2v) is 6.10. The average molecular weight is 324 g/mol. The van der Waals surface area contributed by atoms with Gasteiger partial charge in [0.05, 0.1) is 6.21 Å². The van der Waals surface area contributed by atoms with E-state index >= 15 is 0 Å². The van der Waals surface area contributed by atoms with Crippen molar-refractivity contribution in [2.45, 2.75) is 33.6 Å². The van der Waals surface area contributed by atoms with Crippen molar-refractivity contribution in [2.24, 2.45) is 5.10 Å². The zero-order valence-electron chi connectivity index (χ0n) is 14.7. The third-order valence-electron chi connectivity index (χ3n) is 3.92. The maximum absolute atomic E-state index is 11.8. The van der Waals surface area contributed by atoms with Gasteiger partial charge < -0.3 is 4.74 Å². The second kappa shape index (κ2) is 8.29. The number of hydrogen-bond acceptors (Lipinski definition) is 3. The molecule has 1 amide bonds. The molecule has 0 heterocycles. The molecule has 0 aliphatic heterocycles. The molecule has 1 N–H and O–H groups in total. The van der Waals surface area contributed by atoms with Crippen LogP contribution in [0.5, 0.6) is 5.75 Å². The lowest BCUT2D eigenvalue weighted by atomic mass is 10.0. The number of amides is 1. The number of hydrazone groups is 1. The van der Waals surface area contributed by atoms with E-state index in [0.717, 1.165) is 22.4 Å². The molecule has 0 atom stereocenters. The summed E-state index contributed by atoms with van der Waals surface area (Å²) in [5, 5.41) is 3.96. The Kier molecular flexibility index (Phi) is 6.13. The Morgan fingerprint density at radius 2 is 1.88 bits per heavy atom. The molecule has 0 unspecified atom stereocenters. The number of nitrogens with one attached hydrogen (secondary N) is 1. The van der Waals surface area contributed by atoms with Crippen molar-refractivity contribution in [1.82, 2.24) is 5.43 Å². The third kappa shape index (κ3) is 4.95. The van der Waals surface area contributed by atoms with Crippen LogP contribution in [-0.4, -0.2) is 18.7 Å². The van der Waals surface area contributed by atoms with Crippen LogP contribution >= 0.6 is 0 Å². The highest BCUT2D eigenvalue weighted by atomic mass is 16.5. The summed E-state index contributed by atoms with van der Waals surface area (Å²) < 4.78 is 5.54. The first-order chi connectivity index (χ1) is 11.5. The van der Waals surface area contributed by atoms with Crippen molar-refractivity contribution >= 4 is 12.1 Å². The van der Waals surface area contributed by atoms with Crippen LogP contribution in [0.3, 0.4) is 0 Å². The van der Waals surface area contributed by atoms with E-state index in [4.69, 9.17) is 4.74 Å². The van der Waals surface area contributed by atoms with Crippen molar-refractivity contribution in [2.75, 3.05) is 6.61 Å². The van der Waals surface area contributed by atoms with Gasteiger partial charge in [-0.15, -0.1) is 0 Å². The van der Waals surface area contributed by atoms with Crippen LogP contribution in [0.15, 0.2) is 47.6 Å². The van der Waals surface area contributed by atoms with Gasteiger partial charge in [0.15, 0.2) is 6.61 Å². The Hall–Kier alpha value is -2.62. The molecule has 2 aromatic carbocycles. The lowest BCUT2D eigenvalue weighted by molar-refractivity contribution is -0.123. The molecule has 0 saturated heterocycles. The fraction of sp³-hybridized carbons (Fsp3) is 0.300. The summed E-state index contributed by atoms with van der Waals surface area (Å²) in [4.78, 5) is 11.8. The lowest BCUT2D eigenvalue weighted by Gasteiger charge is -2.09. The fourth-order valence-corrected chi connectivity index (χ4v) is 2.20. The van der Waals surface area contributed by atoms with Crippen molar-refractivity contribution in [3.05, 3.63) is 64.7 Å². The van der Waals surface area contributed by atoms with Crippen molar-refractivity contribution in [3.8, 4) is 5.75 Å². The van der Waals surface area contributed by atoms with E-state index < -0.39 is 0 Å². The molecule has 0 spiro atoms. The Labute approximate surface area is 143 Å². The van der Waals surface area contributed by atoms with E-state index in [1.807, 2.05) is 44.2 Å². The Morgan fingerprint density at radius 1 is 1.17 bits per heavy atom. The molecule has 0 aliphatic carbocycles. The van der Waals surface area contributed by atoms with Gasteiger partial charge >= 0.3 is 0 Å². The van der Waals surface area contributed by atoms with Crippen LogP contribution in [0.4, 0.5) is 0 Å². The molecule has 0 radical (unpaired) electrons. The standard InChI is InChI=1S/C20H24N2O2/c1-14(2)18-10-8-17(9-11-18)12-21-22-20(23)13-24-19-7-5-6-15(3)16(19)4/h5-12,14H,13H2,1-4H3,(H,22,23). The lowest BCUT2D eigenvalue weighted by Crippen LogP contribution is -2.24. The number of benzene rings is 2. The molecule has 126 valence electrons. The second-order valence-electron chi connectivity index (χ2n) is 6.10. The summed E-state index contributed by atoms with van der Waals surface area (Å²) in [6.07, 6.45) is 1.62. The fourth-order valence-electron chi connectivity index (χ4n) is 2.20. The van der Waals surface area contributed by atoms with Crippen molar-refractivity contribution in [3.63, 3.8) is 0 Å². The smallest absolute Gasteiger partial charge is 0.277 e. The van der Waals surface area contributed by atoms with E-state index in [9.17, 15) is 4.79 Å². The molecule has 4 heteroatoms. The quantitative estimate of drug-likeness (QED) is 0.646. The van der Waals surface area contributed by atoms with Gasteiger partial charge in [-0.3, -0.25) is 4.79 Å². The van der Waals surface area contributed by atoms with Crippen LogP contribution in [0, 0.1) is 13.8 Å². The minimum absolute atomic E-state index is 0.0616. The van der Waals surface area contributed by atoms with Crippen LogP contribution in [0.2, 0.25) is 0 Å². The summed E-state index contributed by atoms with van der Waals surface area (Å²) in [5.41, 5.74) is 6.87. The molecule has 2 rings (SSSR count). The van der Waals surface area contributed by atoms with Crippen molar-refractivity contribution in [1.29, 1.82) is 0 Å². The van der Waals surface area contributed by atoms with Gasteiger partial charge in [-0.25, -0.2) is 5.43 Å². The van der Waals surface area contributed by atoms with Crippen LogP contribution in [-0.2, 0) is 4.79 Å². The Morgan fingerprint density at radius 3 is 2.54 bits per heavy atom. The van der Waals surface area contributed by atoms with E-state index in [1.54, 1.807) is 6.21 Å². The van der Waals surface area contributed by atoms with Gasteiger partial charge in [-0.05, 0) is 48.1 Å². The third-order valence-corrected chi connectivity index (χ3v) is 3.92. The molecule has 0 fully saturated rings. The number of carbonyl (C=O) groups excluding carboxylic acids is 1. The van der Waals surface area contributed by atoms with Gasteiger partial charge in [0.1, 0.15) is 5.75 Å². The van der Waals surface area contributed by atoms with Crippen LogP contribution in [0.25, 0.3) is 0 Å². The molecule has 2 aromatic rings. The summed E-state index contributed by atoms with van der Waals surface area (Å²) in [7, 11) is 0. The number of aryl methyl sites for hydroxylation is 1. The monoisotopic (exact) mass is 324 g/mol. The molecule has 0 aromatic heterocycles. The van der Waals surface area contributed by atoms with Gasteiger partial charge in [-0.2, -0.15) is 5.10 Å². The molecule has 4 nitrogen and oxygen atoms in total. The Bertz CT molecular complexity index is 719. The van der Waals surface area contributed by atoms with Gasteiger partial charge in [-0.1, -0.05) is 50.2 Å². The minimum Gasteiger partial charge on any atom is -0.483 e. The summed E-state index contributed by atoms with van der Waals surface area (Å²) in [5.74, 6) is 0.933. The highest BCUT2D eigenvalue weighted by Crippen LogP contribution is 2.20. The first kappa shape index (κ1) is 17.7. The minimum atomic E-state index is -0.286. The molecule has 24 heavy (non-hydrogen) atoms. The van der Waals surface area contributed by atoms with Gasteiger partial charge in [0.2, 0.25) is 0 Å². The number of rotatable bonds is 6. The normalized spacial score (nSPS) is 11.0. The largest absolute Gasteiger partial charge is 0.483 e. The number of carbonyl (C=O) groups is 1. The molecule has 0 bridgehead atoms. The van der Waals surface area contributed by atoms with Gasteiger partial charge in [0, 0.05) is 0 Å². The van der Waals surface area contributed by atoms with E-state index in [1.165, 1.54) is 5.56 Å². The maximum atomic E-state index is 11.8. The summed E-state index contributed by atoms with van der Waals surface area (Å²) >= 11 is 0. The average Bonchev–Trinajstić information content (AvgIpc) is 2.56. The SMILES string of the molecule is Cc1cccc(OCC(=O)NN=Cc2ccc(C(C)C)cc2)c1C. The number of ether oxygens (including phenoxy) is 1. The molecule has 0 aliphatic rings. The number of nitrogens with zero attached hydrogens (tertiary/aromatic N) is 1. The maximum Gasteiger partial charge on any atom is 0.277 e.